The van der Waals surface area contributed by atoms with E-state index in [1.165, 1.54) is 17.8 Å². The van der Waals surface area contributed by atoms with E-state index in [0.717, 1.165) is 35.5 Å². The molecule has 2 aromatic carbocycles. The molecular formula is C27H30N6O3S. The first-order valence-electron chi connectivity index (χ1n) is 12.2. The predicted octanol–water partition coefficient (Wildman–Crippen LogP) is 3.42. The van der Waals surface area contributed by atoms with Gasteiger partial charge in [0.25, 0.3) is 0 Å². The summed E-state index contributed by atoms with van der Waals surface area (Å²) >= 11 is 1.38. The molecule has 10 heteroatoms. The van der Waals surface area contributed by atoms with Gasteiger partial charge < -0.3 is 31.1 Å². The number of rotatable bonds is 9. The molecule has 3 aliphatic heterocycles. The Morgan fingerprint density at radius 2 is 1.95 bits per heavy atom. The minimum absolute atomic E-state index is 0.00289. The van der Waals surface area contributed by atoms with Gasteiger partial charge in [-0.15, -0.1) is 0 Å². The van der Waals surface area contributed by atoms with Gasteiger partial charge in [0.2, 0.25) is 5.91 Å². The van der Waals surface area contributed by atoms with E-state index in [0.29, 0.717) is 34.9 Å². The van der Waals surface area contributed by atoms with Gasteiger partial charge in [-0.2, -0.15) is 0 Å². The largest absolute Gasteiger partial charge is 0.508 e. The lowest BCUT2D eigenvalue weighted by molar-refractivity contribution is -0.124. The van der Waals surface area contributed by atoms with Crippen molar-refractivity contribution in [2.75, 3.05) is 18.4 Å². The number of benzene rings is 2. The molecule has 9 nitrogen and oxygen atoms in total. The lowest BCUT2D eigenvalue weighted by Gasteiger charge is -2.36. The molecular weight excluding hydrogens is 488 g/mol. The van der Waals surface area contributed by atoms with Gasteiger partial charge in [-0.1, -0.05) is 24.8 Å². The lowest BCUT2D eigenvalue weighted by atomic mass is 9.82. The average molecular weight is 519 g/mol. The van der Waals surface area contributed by atoms with E-state index in [9.17, 15) is 15.0 Å². The Morgan fingerprint density at radius 3 is 2.59 bits per heavy atom. The highest BCUT2D eigenvalue weighted by atomic mass is 32.2. The first-order chi connectivity index (χ1) is 17.8. The molecule has 0 saturated carbocycles. The van der Waals surface area contributed by atoms with Gasteiger partial charge in [-0.25, -0.2) is 9.97 Å². The van der Waals surface area contributed by atoms with Gasteiger partial charge in [0.15, 0.2) is 11.0 Å². The molecule has 1 amide bonds. The van der Waals surface area contributed by atoms with Crippen LogP contribution in [0.4, 0.5) is 5.69 Å². The maximum Gasteiger partial charge on any atom is 0.248 e. The van der Waals surface area contributed by atoms with Crippen LogP contribution in [-0.4, -0.2) is 49.8 Å². The number of pyridine rings is 1. The number of thioether (sulfide) groups is 1. The molecule has 0 spiro atoms. The van der Waals surface area contributed by atoms with Gasteiger partial charge in [0.1, 0.15) is 22.7 Å². The number of carbonyl (C=O) groups excluding carboxylic acids is 1. The van der Waals surface area contributed by atoms with E-state index >= 15 is 0 Å². The van der Waals surface area contributed by atoms with Gasteiger partial charge in [-0.3, -0.25) is 4.79 Å². The van der Waals surface area contributed by atoms with Crippen LogP contribution in [0, 0.1) is 6.92 Å². The van der Waals surface area contributed by atoms with Crippen molar-refractivity contribution < 1.29 is 15.0 Å². The maximum absolute atomic E-state index is 13.3. The SMILES string of the molecule is CCC(C(N)=O)(c1cc(NC2CNC2)ccc1C)n1cccc2nc(SCc3cc(O)cc(O)c3)nc1-2. The molecule has 0 aliphatic carbocycles. The molecule has 2 aromatic rings. The topological polar surface area (TPSA) is 138 Å². The number of anilines is 1. The molecule has 1 atom stereocenters. The standard InChI is InChI=1S/C27H30N6O3S/c1-3-27(25(28)36,22-11-18(7-6-16(22)2)30-19-13-29-14-19)33-8-4-5-23-24(33)32-26(31-23)37-15-17-9-20(34)12-21(35)10-17/h4-12,19,29-30,34-35H,3,13-15H2,1-2H3,(H2,28,36). The number of phenols is 2. The van der Waals surface area contributed by atoms with Crippen LogP contribution in [0.2, 0.25) is 0 Å². The average Bonchev–Trinajstić information content (AvgIpc) is 3.25. The van der Waals surface area contributed by atoms with E-state index in [1.807, 2.05) is 54.9 Å². The third kappa shape index (κ3) is 4.70. The third-order valence-electron chi connectivity index (χ3n) is 6.86. The predicted molar refractivity (Wildman–Crippen MR) is 144 cm³/mol. The van der Waals surface area contributed by atoms with Crippen LogP contribution in [0.25, 0.3) is 11.5 Å². The van der Waals surface area contributed by atoms with Crippen molar-refractivity contribution in [3.05, 3.63) is 71.4 Å². The summed E-state index contributed by atoms with van der Waals surface area (Å²) in [6.45, 7) is 5.74. The van der Waals surface area contributed by atoms with Crippen LogP contribution < -0.4 is 16.4 Å². The molecule has 0 aromatic heterocycles. The van der Waals surface area contributed by atoms with Gasteiger partial charge >= 0.3 is 0 Å². The van der Waals surface area contributed by atoms with Crippen molar-refractivity contribution in [2.45, 2.75) is 42.8 Å². The van der Waals surface area contributed by atoms with Crippen molar-refractivity contribution in [1.29, 1.82) is 0 Å². The Labute approximate surface area is 219 Å². The molecule has 1 saturated heterocycles. The first-order valence-corrected chi connectivity index (χ1v) is 13.2. The Morgan fingerprint density at radius 1 is 1.19 bits per heavy atom. The minimum Gasteiger partial charge on any atom is -0.508 e. The normalized spacial score (nSPS) is 15.3. The first kappa shape index (κ1) is 24.9. The smallest absolute Gasteiger partial charge is 0.248 e. The van der Waals surface area contributed by atoms with Crippen LogP contribution in [0.5, 0.6) is 11.5 Å². The molecule has 0 bridgehead atoms. The number of nitrogens with zero attached hydrogens (tertiary/aromatic N) is 3. The summed E-state index contributed by atoms with van der Waals surface area (Å²) in [6, 6.07) is 14.6. The Bertz CT molecular complexity index is 1400. The number of amides is 1. The Balaban J connectivity index is 1.54. The zero-order valence-electron chi connectivity index (χ0n) is 20.7. The van der Waals surface area contributed by atoms with Crippen LogP contribution in [0.3, 0.4) is 0 Å². The Hall–Kier alpha value is -3.76. The summed E-state index contributed by atoms with van der Waals surface area (Å²) in [5, 5.41) is 26.8. The highest BCUT2D eigenvalue weighted by Gasteiger charge is 2.42. The monoisotopic (exact) mass is 518 g/mol. The van der Waals surface area contributed by atoms with Gasteiger partial charge in [0.05, 0.1) is 6.04 Å². The zero-order chi connectivity index (χ0) is 26.2. The van der Waals surface area contributed by atoms with E-state index in [2.05, 4.69) is 15.6 Å². The fourth-order valence-electron chi connectivity index (χ4n) is 4.87. The summed E-state index contributed by atoms with van der Waals surface area (Å²) < 4.78 is 1.85. The summed E-state index contributed by atoms with van der Waals surface area (Å²) in [7, 11) is 0. The number of nitrogens with one attached hydrogen (secondary N) is 2. The van der Waals surface area contributed by atoms with Crippen molar-refractivity contribution >= 4 is 23.4 Å². The van der Waals surface area contributed by atoms with Crippen LogP contribution in [0.15, 0.2) is 59.9 Å². The number of fused-ring (bicyclic) bond motifs is 1. The second-order valence-corrected chi connectivity index (χ2v) is 10.3. The van der Waals surface area contributed by atoms with Gasteiger partial charge in [-0.05, 0) is 66.4 Å². The van der Waals surface area contributed by atoms with E-state index < -0.39 is 11.4 Å². The summed E-state index contributed by atoms with van der Waals surface area (Å²) in [4.78, 5) is 22.7. The second kappa shape index (κ2) is 9.95. The Kier molecular flexibility index (Phi) is 6.70. The number of aryl methyl sites for hydroxylation is 1. The number of imidazole rings is 1. The maximum atomic E-state index is 13.3. The molecule has 5 rings (SSSR count). The molecule has 0 radical (unpaired) electrons. The molecule has 3 aliphatic rings. The molecule has 192 valence electrons. The number of aromatic hydroxyl groups is 2. The fraction of sp³-hybridized carbons (Fsp3) is 0.296. The lowest BCUT2D eigenvalue weighted by Crippen LogP contribution is -2.51. The summed E-state index contributed by atoms with van der Waals surface area (Å²) in [5.74, 6) is 0.542. The van der Waals surface area contributed by atoms with Crippen molar-refractivity contribution in [2.24, 2.45) is 5.73 Å². The number of carbonyl (C=O) groups is 1. The number of nitrogens with two attached hydrogens (primary N) is 1. The van der Waals surface area contributed by atoms with Crippen molar-refractivity contribution in [1.82, 2.24) is 19.9 Å². The third-order valence-corrected chi connectivity index (χ3v) is 7.78. The highest BCUT2D eigenvalue weighted by Crippen LogP contribution is 2.38. The molecule has 37 heavy (non-hydrogen) atoms. The van der Waals surface area contributed by atoms with E-state index in [4.69, 9.17) is 10.7 Å². The number of aromatic nitrogens is 3. The quantitative estimate of drug-likeness (QED) is 0.213. The summed E-state index contributed by atoms with van der Waals surface area (Å²) in [6.07, 6.45) is 2.27. The van der Waals surface area contributed by atoms with Crippen LogP contribution in [0.1, 0.15) is 30.0 Å². The van der Waals surface area contributed by atoms with Crippen molar-refractivity contribution in [3.8, 4) is 23.0 Å². The summed E-state index contributed by atoms with van der Waals surface area (Å²) in [5.41, 5.74) is 9.12. The number of hydrogen-bond acceptors (Lipinski definition) is 8. The van der Waals surface area contributed by atoms with Gasteiger partial charge in [0, 0.05) is 36.8 Å². The van der Waals surface area contributed by atoms with E-state index in [-0.39, 0.29) is 11.5 Å². The highest BCUT2D eigenvalue weighted by molar-refractivity contribution is 7.98. The van der Waals surface area contributed by atoms with E-state index in [1.54, 1.807) is 12.1 Å². The minimum atomic E-state index is -1.17. The van der Waals surface area contributed by atoms with Crippen LogP contribution in [-0.2, 0) is 16.1 Å². The number of primary amides is 1. The van der Waals surface area contributed by atoms with Crippen molar-refractivity contribution in [3.63, 3.8) is 0 Å². The number of phenolic OH excluding ortho intramolecular Hbond substituents is 2. The fourth-order valence-corrected chi connectivity index (χ4v) is 5.64. The van der Waals surface area contributed by atoms with Crippen LogP contribution >= 0.6 is 11.8 Å². The molecule has 1 fully saturated rings. The second-order valence-electron chi connectivity index (χ2n) is 9.35. The molecule has 3 heterocycles. The number of hydrogen-bond donors (Lipinski definition) is 5. The molecule has 1 unspecified atom stereocenters. The zero-order valence-corrected chi connectivity index (χ0v) is 21.5. The molecule has 6 N–H and O–H groups in total.